The molecule has 0 atom stereocenters. The van der Waals surface area contributed by atoms with Gasteiger partial charge in [-0.05, 0) is 68.8 Å². The third-order valence-electron chi connectivity index (χ3n) is 7.29. The van der Waals surface area contributed by atoms with E-state index in [1.165, 1.54) is 64.2 Å². The van der Waals surface area contributed by atoms with Crippen molar-refractivity contribution in [3.63, 3.8) is 0 Å². The second-order valence-corrected chi connectivity index (χ2v) is 10.7. The molecule has 0 unspecified atom stereocenters. The highest BCUT2D eigenvalue weighted by atomic mass is 32.1. The number of hydrogen-bond donors (Lipinski definition) is 3. The number of aromatic nitrogens is 1. The van der Waals surface area contributed by atoms with Gasteiger partial charge < -0.3 is 16.0 Å². The van der Waals surface area contributed by atoms with E-state index in [1.807, 2.05) is 23.4 Å². The average molecular weight is 528 g/mol. The first-order valence-corrected chi connectivity index (χ1v) is 14.7. The van der Waals surface area contributed by atoms with E-state index in [9.17, 15) is 0 Å². The topological polar surface area (TPSA) is 97.6 Å². The predicted molar refractivity (Wildman–Crippen MR) is 154 cm³/mol. The highest BCUT2D eigenvalue weighted by Crippen LogP contribution is 2.24. The Bertz CT molecular complexity index is 833. The van der Waals surface area contributed by atoms with Crippen molar-refractivity contribution < 1.29 is 4.84 Å². The van der Waals surface area contributed by atoms with E-state index in [-0.39, 0.29) is 0 Å². The van der Waals surface area contributed by atoms with E-state index in [0.717, 1.165) is 62.6 Å². The summed E-state index contributed by atoms with van der Waals surface area (Å²) in [6, 6.07) is 4.18. The zero-order valence-corrected chi connectivity index (χ0v) is 23.1. The first-order chi connectivity index (χ1) is 18.2. The van der Waals surface area contributed by atoms with Crippen molar-refractivity contribution in [2.75, 3.05) is 25.0 Å². The van der Waals surface area contributed by atoms with Crippen molar-refractivity contribution in [1.29, 1.82) is 5.26 Å². The van der Waals surface area contributed by atoms with Gasteiger partial charge in [-0.2, -0.15) is 5.26 Å². The molecule has 0 spiro atoms. The lowest BCUT2D eigenvalue weighted by Gasteiger charge is -2.31. The lowest BCUT2D eigenvalue weighted by atomic mass is 9.90. The molecule has 0 saturated heterocycles. The molecule has 204 valence electrons. The van der Waals surface area contributed by atoms with Crippen LogP contribution in [0.2, 0.25) is 0 Å². The molecule has 2 saturated carbocycles. The number of hydrogen-bond acceptors (Lipinski definition) is 5. The fourth-order valence-electron chi connectivity index (χ4n) is 5.12. The molecule has 2 aliphatic rings. The molecule has 37 heavy (non-hydrogen) atoms. The molecule has 2 fully saturated rings. The smallest absolute Gasteiger partial charge is 0.211 e. The number of hydroxylamine groups is 2. The molecule has 8 nitrogen and oxygen atoms in total. The van der Waals surface area contributed by atoms with Gasteiger partial charge in [0, 0.05) is 37.2 Å². The van der Waals surface area contributed by atoms with Gasteiger partial charge in [-0.1, -0.05) is 57.8 Å². The maximum atomic E-state index is 8.94. The summed E-state index contributed by atoms with van der Waals surface area (Å²) in [5.74, 6) is 1.14. The van der Waals surface area contributed by atoms with Gasteiger partial charge >= 0.3 is 0 Å². The van der Waals surface area contributed by atoms with Crippen LogP contribution in [0, 0.1) is 17.4 Å². The van der Waals surface area contributed by atoms with E-state index < -0.39 is 0 Å². The first kappa shape index (κ1) is 29.1. The third kappa shape index (κ3) is 12.1. The van der Waals surface area contributed by atoms with Crippen LogP contribution in [0.25, 0.3) is 0 Å². The maximum absolute atomic E-state index is 8.94. The summed E-state index contributed by atoms with van der Waals surface area (Å²) in [5.41, 5.74) is 0.850. The second kappa shape index (κ2) is 17.9. The lowest BCUT2D eigenvalue weighted by Crippen LogP contribution is -2.46. The van der Waals surface area contributed by atoms with Gasteiger partial charge in [0.15, 0.2) is 5.11 Å². The molecule has 0 bridgehead atoms. The van der Waals surface area contributed by atoms with Crippen LogP contribution in [0.3, 0.4) is 0 Å². The molecule has 3 rings (SSSR count). The molecule has 2 aliphatic carbocycles. The van der Waals surface area contributed by atoms with Crippen molar-refractivity contribution in [3.8, 4) is 6.19 Å². The summed E-state index contributed by atoms with van der Waals surface area (Å²) in [6.07, 6.45) is 23.7. The van der Waals surface area contributed by atoms with Crippen molar-refractivity contribution >= 4 is 29.0 Å². The first-order valence-electron chi connectivity index (χ1n) is 14.3. The van der Waals surface area contributed by atoms with Crippen LogP contribution in [0.15, 0.2) is 29.5 Å². The third-order valence-corrected chi connectivity index (χ3v) is 7.61. The van der Waals surface area contributed by atoms with Crippen LogP contribution >= 0.6 is 12.2 Å². The fourth-order valence-corrected chi connectivity index (χ4v) is 5.43. The summed E-state index contributed by atoms with van der Waals surface area (Å²) in [7, 11) is 0. The summed E-state index contributed by atoms with van der Waals surface area (Å²) in [4.78, 5) is 14.1. The average Bonchev–Trinajstić information content (AvgIpc) is 2.93. The lowest BCUT2D eigenvalue weighted by molar-refractivity contribution is -0.118. The summed E-state index contributed by atoms with van der Waals surface area (Å²) in [6.45, 7) is 2.40. The molecular formula is C28H45N7OS. The molecule has 0 aromatic carbocycles. The largest absolute Gasteiger partial charge is 0.358 e. The van der Waals surface area contributed by atoms with Crippen LogP contribution in [-0.4, -0.2) is 46.9 Å². The van der Waals surface area contributed by atoms with Gasteiger partial charge in [-0.3, -0.25) is 9.82 Å². The molecule has 0 radical (unpaired) electrons. The van der Waals surface area contributed by atoms with Crippen LogP contribution in [0.5, 0.6) is 0 Å². The molecule has 1 aromatic rings. The zero-order valence-electron chi connectivity index (χ0n) is 22.3. The summed E-state index contributed by atoms with van der Waals surface area (Å²) < 4.78 is 0. The van der Waals surface area contributed by atoms with Crippen LogP contribution in [-0.2, 0) is 4.84 Å². The zero-order chi connectivity index (χ0) is 26.0. The summed E-state index contributed by atoms with van der Waals surface area (Å²) >= 11 is 5.79. The number of nitrogens with zero attached hydrogens (tertiary/aromatic N) is 4. The van der Waals surface area contributed by atoms with Crippen LogP contribution in [0.1, 0.15) is 96.3 Å². The number of pyridine rings is 1. The molecule has 0 aliphatic heterocycles. The minimum Gasteiger partial charge on any atom is -0.358 e. The number of nitriles is 1. The van der Waals surface area contributed by atoms with Crippen LogP contribution in [0.4, 0.5) is 5.69 Å². The van der Waals surface area contributed by atoms with E-state index in [4.69, 9.17) is 22.3 Å². The van der Waals surface area contributed by atoms with E-state index in [1.54, 1.807) is 12.4 Å². The van der Waals surface area contributed by atoms with Gasteiger partial charge in [0.2, 0.25) is 12.2 Å². The number of unbranched alkanes of at least 4 members (excludes halogenated alkanes) is 4. The Balaban J connectivity index is 1.32. The number of aliphatic imine (C=N–C) groups is 1. The Kier molecular flexibility index (Phi) is 14.1. The van der Waals surface area contributed by atoms with Gasteiger partial charge in [-0.25, -0.2) is 5.06 Å². The molecule has 1 heterocycles. The Labute approximate surface area is 228 Å². The van der Waals surface area contributed by atoms with E-state index in [2.05, 4.69) is 25.9 Å². The standard InChI is InChI=1S/C28H45N7OS/c29-23-32-27(33-26-16-19-30-20-17-26)31-18-10-2-1-3-11-21-35(36-22-24-12-6-4-7-13-24)28(37)34-25-14-8-5-9-15-25/h16-17,19-20,24-25H,1-15,18,21-22H2,(H,34,37)(H2,30,31,32,33). The molecule has 3 N–H and O–H groups in total. The predicted octanol–water partition coefficient (Wildman–Crippen LogP) is 5.89. The van der Waals surface area contributed by atoms with E-state index in [0.29, 0.717) is 17.9 Å². The van der Waals surface area contributed by atoms with Gasteiger partial charge in [0.1, 0.15) is 0 Å². The second-order valence-electron chi connectivity index (χ2n) is 10.3. The molecule has 0 amide bonds. The van der Waals surface area contributed by atoms with Crippen molar-refractivity contribution in [3.05, 3.63) is 24.5 Å². The molecule has 9 heteroatoms. The fraction of sp³-hybridized carbons (Fsp3) is 0.714. The number of rotatable bonds is 13. The van der Waals surface area contributed by atoms with Crippen LogP contribution < -0.4 is 16.0 Å². The Morgan fingerprint density at radius 3 is 2.41 bits per heavy atom. The van der Waals surface area contributed by atoms with Gasteiger partial charge in [0.05, 0.1) is 6.61 Å². The maximum Gasteiger partial charge on any atom is 0.211 e. The number of nitrogens with one attached hydrogen (secondary N) is 3. The normalized spacial score (nSPS) is 17.1. The highest BCUT2D eigenvalue weighted by molar-refractivity contribution is 7.80. The summed E-state index contributed by atoms with van der Waals surface area (Å²) in [5, 5.41) is 21.6. The van der Waals surface area contributed by atoms with Gasteiger partial charge in [-0.15, -0.1) is 4.99 Å². The Morgan fingerprint density at radius 2 is 1.68 bits per heavy atom. The van der Waals surface area contributed by atoms with Crippen molar-refractivity contribution in [1.82, 2.24) is 20.7 Å². The molecule has 1 aromatic heterocycles. The van der Waals surface area contributed by atoms with Crippen molar-refractivity contribution in [2.45, 2.75) is 102 Å². The monoisotopic (exact) mass is 527 g/mol. The van der Waals surface area contributed by atoms with Crippen molar-refractivity contribution in [2.24, 2.45) is 10.9 Å². The highest BCUT2D eigenvalue weighted by Gasteiger charge is 2.20. The van der Waals surface area contributed by atoms with E-state index >= 15 is 0 Å². The molecular weight excluding hydrogens is 482 g/mol. The Hall–Kier alpha value is -2.44. The number of guanidine groups is 1. The SMILES string of the molecule is N#CN=C(NCCCCCCCN(OCC1CCCCC1)C(=S)NC1CCCCC1)Nc1ccncc1. The minimum atomic E-state index is 0.471. The van der Waals surface area contributed by atoms with Gasteiger partial charge in [0.25, 0.3) is 0 Å². The quantitative estimate of drug-likeness (QED) is 0.0729. The Morgan fingerprint density at radius 1 is 1.00 bits per heavy atom. The minimum absolute atomic E-state index is 0.471. The number of thiocarbonyl (C=S) groups is 1. The number of anilines is 1.